The number of nitrogens with zero attached hydrogens (tertiary/aromatic N) is 1. The van der Waals surface area contributed by atoms with Gasteiger partial charge in [-0.15, -0.1) is 11.6 Å². The van der Waals surface area contributed by atoms with E-state index >= 15 is 0 Å². The molecule has 0 unspecified atom stereocenters. The zero-order valence-electron chi connectivity index (χ0n) is 9.92. The Kier molecular flexibility index (Phi) is 4.55. The number of hydrogen-bond acceptors (Lipinski definition) is 2. The van der Waals surface area contributed by atoms with Crippen molar-refractivity contribution in [3.8, 4) is 11.6 Å². The summed E-state index contributed by atoms with van der Waals surface area (Å²) in [6, 6.07) is 6.12. The highest BCUT2D eigenvalue weighted by molar-refractivity contribution is 9.10. The van der Waals surface area contributed by atoms with Gasteiger partial charge in [0.15, 0.2) is 0 Å². The van der Waals surface area contributed by atoms with Gasteiger partial charge in [-0.25, -0.2) is 4.98 Å². The number of aromatic nitrogens is 1. The summed E-state index contributed by atoms with van der Waals surface area (Å²) < 4.78 is 43.5. The van der Waals surface area contributed by atoms with Gasteiger partial charge in [0.05, 0.1) is 11.4 Å². The summed E-state index contributed by atoms with van der Waals surface area (Å²) >= 11 is 9.02. The molecule has 0 N–H and O–H groups in total. The van der Waals surface area contributed by atoms with E-state index in [4.69, 9.17) is 16.3 Å². The Bertz CT molecular complexity index is 602. The Hall–Kier alpha value is -1.27. The Morgan fingerprint density at radius 3 is 2.40 bits per heavy atom. The molecule has 0 saturated heterocycles. The van der Waals surface area contributed by atoms with Crippen LogP contribution in [0.4, 0.5) is 13.2 Å². The molecule has 2 rings (SSSR count). The van der Waals surface area contributed by atoms with Crippen LogP contribution in [-0.2, 0) is 12.1 Å². The number of alkyl halides is 4. The van der Waals surface area contributed by atoms with E-state index < -0.39 is 11.7 Å². The molecule has 2 aromatic rings. The number of hydrogen-bond donors (Lipinski definition) is 0. The predicted molar refractivity (Wildman–Crippen MR) is 73.0 cm³/mol. The van der Waals surface area contributed by atoms with Crippen LogP contribution in [-0.4, -0.2) is 4.98 Å². The van der Waals surface area contributed by atoms with Crippen molar-refractivity contribution in [3.63, 3.8) is 0 Å². The zero-order valence-corrected chi connectivity index (χ0v) is 12.3. The second kappa shape index (κ2) is 6.01. The van der Waals surface area contributed by atoms with E-state index in [9.17, 15) is 13.2 Å². The van der Waals surface area contributed by atoms with Crippen LogP contribution in [0.3, 0.4) is 0 Å². The highest BCUT2D eigenvalue weighted by Crippen LogP contribution is 2.32. The first-order valence-electron chi connectivity index (χ1n) is 5.45. The van der Waals surface area contributed by atoms with Gasteiger partial charge in [0, 0.05) is 16.2 Å². The van der Waals surface area contributed by atoms with E-state index in [0.29, 0.717) is 5.56 Å². The minimum Gasteiger partial charge on any atom is -0.439 e. The van der Waals surface area contributed by atoms with E-state index in [1.807, 2.05) is 0 Å². The maximum atomic E-state index is 12.4. The molecule has 0 saturated carbocycles. The van der Waals surface area contributed by atoms with Crippen LogP contribution in [0.5, 0.6) is 11.6 Å². The number of ether oxygens (including phenoxy) is 1. The highest BCUT2D eigenvalue weighted by Gasteiger charge is 2.30. The molecule has 1 heterocycles. The first kappa shape index (κ1) is 15.1. The highest BCUT2D eigenvalue weighted by atomic mass is 79.9. The molecule has 0 atom stereocenters. The maximum Gasteiger partial charge on any atom is 0.416 e. The van der Waals surface area contributed by atoms with Gasteiger partial charge in [0.2, 0.25) is 5.88 Å². The molecule has 0 amide bonds. The normalized spacial score (nSPS) is 11.4. The minimum absolute atomic E-state index is 0.183. The molecule has 106 valence electrons. The average molecular weight is 367 g/mol. The van der Waals surface area contributed by atoms with Gasteiger partial charge in [-0.3, -0.25) is 0 Å². The van der Waals surface area contributed by atoms with Crippen LogP contribution in [0.1, 0.15) is 11.1 Å². The Morgan fingerprint density at radius 2 is 1.85 bits per heavy atom. The van der Waals surface area contributed by atoms with Crippen LogP contribution >= 0.6 is 27.5 Å². The predicted octanol–water partition coefficient (Wildman–Crippen LogP) is 5.39. The molecule has 0 aliphatic carbocycles. The lowest BCUT2D eigenvalue weighted by Gasteiger charge is -2.10. The summed E-state index contributed by atoms with van der Waals surface area (Å²) in [7, 11) is 0. The van der Waals surface area contributed by atoms with Crippen molar-refractivity contribution in [2.45, 2.75) is 12.1 Å². The Balaban J connectivity index is 2.22. The molecule has 0 spiro atoms. The third-order valence-corrected chi connectivity index (χ3v) is 3.15. The van der Waals surface area contributed by atoms with E-state index in [-0.39, 0.29) is 17.5 Å². The Labute approximate surface area is 126 Å². The van der Waals surface area contributed by atoms with Crippen molar-refractivity contribution in [1.29, 1.82) is 0 Å². The van der Waals surface area contributed by atoms with Crippen molar-refractivity contribution >= 4 is 27.5 Å². The van der Waals surface area contributed by atoms with Crippen LogP contribution in [0, 0.1) is 0 Å². The third-order valence-electron chi connectivity index (χ3n) is 2.43. The lowest BCUT2D eigenvalue weighted by molar-refractivity contribution is -0.137. The quantitative estimate of drug-likeness (QED) is 0.679. The van der Waals surface area contributed by atoms with Gasteiger partial charge in [-0.05, 0) is 46.3 Å². The smallest absolute Gasteiger partial charge is 0.416 e. The van der Waals surface area contributed by atoms with Crippen molar-refractivity contribution in [1.82, 2.24) is 4.98 Å². The first-order chi connectivity index (χ1) is 9.40. The fraction of sp³-hybridized carbons (Fsp3) is 0.154. The third kappa shape index (κ3) is 3.64. The number of halogens is 5. The molecule has 1 aromatic heterocycles. The van der Waals surface area contributed by atoms with Crippen LogP contribution in [0.25, 0.3) is 0 Å². The molecule has 20 heavy (non-hydrogen) atoms. The SMILES string of the molecule is FC(F)(F)c1ccc(Oc2ncc(Br)cc2CCl)cc1. The summed E-state index contributed by atoms with van der Waals surface area (Å²) in [6.07, 6.45) is -2.84. The molecule has 1 aromatic carbocycles. The average Bonchev–Trinajstić information content (AvgIpc) is 2.40. The monoisotopic (exact) mass is 365 g/mol. The van der Waals surface area contributed by atoms with Crippen LogP contribution in [0.2, 0.25) is 0 Å². The first-order valence-corrected chi connectivity index (χ1v) is 6.78. The van der Waals surface area contributed by atoms with Crippen molar-refractivity contribution in [3.05, 3.63) is 52.1 Å². The van der Waals surface area contributed by atoms with Gasteiger partial charge in [0.1, 0.15) is 5.75 Å². The van der Waals surface area contributed by atoms with Gasteiger partial charge in [-0.2, -0.15) is 13.2 Å². The molecule has 2 nitrogen and oxygen atoms in total. The molecule has 0 bridgehead atoms. The standard InChI is InChI=1S/C13H8BrClF3NO/c14-10-5-8(6-15)12(19-7-10)20-11-3-1-9(2-4-11)13(16,17)18/h1-5,7H,6H2. The van der Waals surface area contributed by atoms with Crippen LogP contribution < -0.4 is 4.74 Å². The zero-order chi connectivity index (χ0) is 14.8. The minimum atomic E-state index is -4.37. The second-order valence-corrected chi connectivity index (χ2v) is 5.06. The lowest BCUT2D eigenvalue weighted by Crippen LogP contribution is -2.04. The van der Waals surface area contributed by atoms with Gasteiger partial charge < -0.3 is 4.74 Å². The molecular weight excluding hydrogens is 359 g/mol. The van der Waals surface area contributed by atoms with Crippen molar-refractivity contribution in [2.24, 2.45) is 0 Å². The summed E-state index contributed by atoms with van der Waals surface area (Å²) in [6.45, 7) is 0. The van der Waals surface area contributed by atoms with E-state index in [0.717, 1.165) is 16.6 Å². The lowest BCUT2D eigenvalue weighted by atomic mass is 10.2. The van der Waals surface area contributed by atoms with E-state index in [1.54, 1.807) is 6.07 Å². The summed E-state index contributed by atoms with van der Waals surface area (Å²) in [5.41, 5.74) is -0.0906. The molecule has 0 fully saturated rings. The molecule has 7 heteroatoms. The Morgan fingerprint density at radius 1 is 1.20 bits per heavy atom. The second-order valence-electron chi connectivity index (χ2n) is 3.88. The summed E-state index contributed by atoms with van der Waals surface area (Å²) in [5.74, 6) is 0.713. The topological polar surface area (TPSA) is 22.1 Å². The summed E-state index contributed by atoms with van der Waals surface area (Å²) in [4.78, 5) is 4.04. The molecular formula is C13H8BrClF3NO. The maximum absolute atomic E-state index is 12.4. The van der Waals surface area contributed by atoms with E-state index in [1.165, 1.54) is 18.3 Å². The molecule has 0 aliphatic heterocycles. The van der Waals surface area contributed by atoms with Crippen LogP contribution in [0.15, 0.2) is 41.0 Å². The van der Waals surface area contributed by atoms with E-state index in [2.05, 4.69) is 20.9 Å². The molecule has 0 radical (unpaired) electrons. The van der Waals surface area contributed by atoms with Gasteiger partial charge in [0.25, 0.3) is 0 Å². The number of pyridine rings is 1. The van der Waals surface area contributed by atoms with Gasteiger partial charge in [-0.1, -0.05) is 0 Å². The van der Waals surface area contributed by atoms with Gasteiger partial charge >= 0.3 is 6.18 Å². The fourth-order valence-electron chi connectivity index (χ4n) is 1.48. The largest absolute Gasteiger partial charge is 0.439 e. The van der Waals surface area contributed by atoms with Crippen molar-refractivity contribution in [2.75, 3.05) is 0 Å². The molecule has 0 aliphatic rings. The number of benzene rings is 1. The summed E-state index contributed by atoms with van der Waals surface area (Å²) in [5, 5.41) is 0. The fourth-order valence-corrected chi connectivity index (χ4v) is 2.05. The number of rotatable bonds is 3. The van der Waals surface area contributed by atoms with Crippen molar-refractivity contribution < 1.29 is 17.9 Å².